The van der Waals surface area contributed by atoms with Crippen LogP contribution in [-0.2, 0) is 0 Å². The summed E-state index contributed by atoms with van der Waals surface area (Å²) in [6.45, 7) is 4.20. The molecule has 1 aromatic heterocycles. The fourth-order valence-corrected chi connectivity index (χ4v) is 2.32. The van der Waals surface area contributed by atoms with Gasteiger partial charge in [0, 0.05) is 35.8 Å². The molecule has 0 radical (unpaired) electrons. The number of nitro groups is 1. The Labute approximate surface area is 140 Å². The van der Waals surface area contributed by atoms with Crippen molar-refractivity contribution in [2.45, 2.75) is 45.1 Å². The smallest absolute Gasteiger partial charge is 0.269 e. The third-order valence-electron chi connectivity index (χ3n) is 4.08. The highest BCUT2D eigenvalue weighted by molar-refractivity contribution is 5.59. The zero-order valence-electron chi connectivity index (χ0n) is 13.8. The minimum absolute atomic E-state index is 0.0704. The standard InChI is InChI=1S/C17H21N5O2/c1-3-11(2)18-17-20-15(12-4-5-12)10-16(21-17)19-13-6-8-14(9-7-13)22(23)24/h6-12H,3-5H2,1-2H3,(H2,18,19,20,21)/t11-/m0/s1. The lowest BCUT2D eigenvalue weighted by molar-refractivity contribution is -0.384. The number of nitrogens with zero attached hydrogens (tertiary/aromatic N) is 3. The summed E-state index contributed by atoms with van der Waals surface area (Å²) in [4.78, 5) is 19.4. The van der Waals surface area contributed by atoms with Gasteiger partial charge in [0.2, 0.25) is 5.95 Å². The SMILES string of the molecule is CC[C@H](C)Nc1nc(Nc2ccc([N+](=O)[O-])cc2)cc(C2CC2)n1. The Hall–Kier alpha value is -2.70. The number of nitro benzene ring substituents is 1. The second-order valence-corrected chi connectivity index (χ2v) is 6.16. The van der Waals surface area contributed by atoms with Gasteiger partial charge in [0.15, 0.2) is 0 Å². The van der Waals surface area contributed by atoms with Crippen molar-refractivity contribution in [2.75, 3.05) is 10.6 Å². The van der Waals surface area contributed by atoms with E-state index in [1.165, 1.54) is 12.1 Å². The Kier molecular flexibility index (Phi) is 4.59. The number of hydrogen-bond donors (Lipinski definition) is 2. The van der Waals surface area contributed by atoms with E-state index in [1.54, 1.807) is 12.1 Å². The average Bonchev–Trinajstić information content (AvgIpc) is 3.40. The molecule has 2 aromatic rings. The maximum absolute atomic E-state index is 10.7. The summed E-state index contributed by atoms with van der Waals surface area (Å²) < 4.78 is 0. The van der Waals surface area contributed by atoms with E-state index in [0.717, 1.165) is 30.6 Å². The molecule has 1 aromatic carbocycles. The van der Waals surface area contributed by atoms with Crippen LogP contribution in [-0.4, -0.2) is 20.9 Å². The first kappa shape index (κ1) is 16.2. The Balaban J connectivity index is 1.81. The van der Waals surface area contributed by atoms with Crippen LogP contribution in [0.25, 0.3) is 0 Å². The predicted molar refractivity (Wildman–Crippen MR) is 93.8 cm³/mol. The zero-order chi connectivity index (χ0) is 17.1. The fraction of sp³-hybridized carbons (Fsp3) is 0.412. The lowest BCUT2D eigenvalue weighted by Gasteiger charge is -2.14. The lowest BCUT2D eigenvalue weighted by Crippen LogP contribution is -2.16. The molecule has 1 heterocycles. The number of hydrogen-bond acceptors (Lipinski definition) is 6. The number of anilines is 3. The van der Waals surface area contributed by atoms with E-state index in [9.17, 15) is 10.1 Å². The van der Waals surface area contributed by atoms with Crippen molar-refractivity contribution >= 4 is 23.1 Å². The van der Waals surface area contributed by atoms with Crippen LogP contribution in [0.15, 0.2) is 30.3 Å². The molecule has 1 aliphatic carbocycles. The van der Waals surface area contributed by atoms with Crippen LogP contribution in [0.4, 0.5) is 23.1 Å². The van der Waals surface area contributed by atoms with Crippen LogP contribution in [0, 0.1) is 10.1 Å². The maximum atomic E-state index is 10.7. The molecule has 2 N–H and O–H groups in total. The molecule has 7 nitrogen and oxygen atoms in total. The summed E-state index contributed by atoms with van der Waals surface area (Å²) in [6.07, 6.45) is 3.32. The summed E-state index contributed by atoms with van der Waals surface area (Å²) in [5.41, 5.74) is 1.87. The quantitative estimate of drug-likeness (QED) is 0.584. The third kappa shape index (κ3) is 3.98. The monoisotopic (exact) mass is 327 g/mol. The van der Waals surface area contributed by atoms with Gasteiger partial charge in [-0.1, -0.05) is 6.92 Å². The van der Waals surface area contributed by atoms with Gasteiger partial charge < -0.3 is 10.6 Å². The van der Waals surface area contributed by atoms with Gasteiger partial charge in [0.25, 0.3) is 5.69 Å². The van der Waals surface area contributed by atoms with Crippen LogP contribution in [0.3, 0.4) is 0 Å². The van der Waals surface area contributed by atoms with E-state index in [4.69, 9.17) is 0 Å². The molecule has 0 spiro atoms. The molecule has 3 rings (SSSR count). The maximum Gasteiger partial charge on any atom is 0.269 e. The topological polar surface area (TPSA) is 93.0 Å². The van der Waals surface area contributed by atoms with Crippen LogP contribution in [0.5, 0.6) is 0 Å². The van der Waals surface area contributed by atoms with Crippen molar-refractivity contribution in [2.24, 2.45) is 0 Å². The molecule has 0 bridgehead atoms. The molecular formula is C17H21N5O2. The van der Waals surface area contributed by atoms with Crippen molar-refractivity contribution in [3.8, 4) is 0 Å². The molecule has 0 aliphatic heterocycles. The zero-order valence-corrected chi connectivity index (χ0v) is 13.8. The van der Waals surface area contributed by atoms with Crippen LogP contribution in [0.1, 0.15) is 44.7 Å². The van der Waals surface area contributed by atoms with Gasteiger partial charge in [-0.3, -0.25) is 10.1 Å². The highest BCUT2D eigenvalue weighted by Crippen LogP contribution is 2.40. The van der Waals surface area contributed by atoms with Gasteiger partial charge in [-0.05, 0) is 38.3 Å². The molecule has 1 saturated carbocycles. The first-order valence-electron chi connectivity index (χ1n) is 8.22. The second-order valence-electron chi connectivity index (χ2n) is 6.16. The number of benzene rings is 1. The van der Waals surface area contributed by atoms with E-state index >= 15 is 0 Å². The third-order valence-corrected chi connectivity index (χ3v) is 4.08. The van der Waals surface area contributed by atoms with Crippen LogP contribution < -0.4 is 10.6 Å². The minimum Gasteiger partial charge on any atom is -0.352 e. The van der Waals surface area contributed by atoms with Gasteiger partial charge >= 0.3 is 0 Å². The number of nitrogens with one attached hydrogen (secondary N) is 2. The molecule has 24 heavy (non-hydrogen) atoms. The summed E-state index contributed by atoms with van der Waals surface area (Å²) in [5.74, 6) is 1.84. The van der Waals surface area contributed by atoms with Crippen molar-refractivity contribution in [3.63, 3.8) is 0 Å². The highest BCUT2D eigenvalue weighted by atomic mass is 16.6. The number of aromatic nitrogens is 2. The first-order chi connectivity index (χ1) is 11.5. The van der Waals surface area contributed by atoms with Gasteiger partial charge in [-0.25, -0.2) is 4.98 Å². The Morgan fingerprint density at radius 3 is 2.58 bits per heavy atom. The van der Waals surface area contributed by atoms with E-state index < -0.39 is 4.92 Å². The van der Waals surface area contributed by atoms with Gasteiger partial charge in [0.05, 0.1) is 10.6 Å². The highest BCUT2D eigenvalue weighted by Gasteiger charge is 2.26. The van der Waals surface area contributed by atoms with Crippen molar-refractivity contribution in [1.82, 2.24) is 9.97 Å². The summed E-state index contributed by atoms with van der Waals surface area (Å²) in [7, 11) is 0. The molecule has 0 amide bonds. The van der Waals surface area contributed by atoms with Crippen LogP contribution >= 0.6 is 0 Å². The normalized spacial score (nSPS) is 14.9. The number of non-ortho nitro benzene ring substituents is 1. The van der Waals surface area contributed by atoms with Gasteiger partial charge in [-0.15, -0.1) is 0 Å². The summed E-state index contributed by atoms with van der Waals surface area (Å²) >= 11 is 0. The van der Waals surface area contributed by atoms with Crippen molar-refractivity contribution < 1.29 is 4.92 Å². The molecule has 1 atom stereocenters. The van der Waals surface area contributed by atoms with E-state index in [2.05, 4.69) is 34.4 Å². The fourth-order valence-electron chi connectivity index (χ4n) is 2.32. The average molecular weight is 327 g/mol. The Bertz CT molecular complexity index is 728. The molecule has 7 heteroatoms. The second kappa shape index (κ2) is 6.82. The summed E-state index contributed by atoms with van der Waals surface area (Å²) in [5, 5.41) is 17.3. The molecule has 1 fully saturated rings. The largest absolute Gasteiger partial charge is 0.352 e. The Morgan fingerprint density at radius 2 is 2.00 bits per heavy atom. The van der Waals surface area contributed by atoms with Gasteiger partial charge in [-0.2, -0.15) is 4.98 Å². The molecule has 0 saturated heterocycles. The van der Waals surface area contributed by atoms with Crippen LogP contribution in [0.2, 0.25) is 0 Å². The molecule has 126 valence electrons. The Morgan fingerprint density at radius 1 is 1.29 bits per heavy atom. The minimum atomic E-state index is -0.409. The van der Waals surface area contributed by atoms with Crippen molar-refractivity contribution in [1.29, 1.82) is 0 Å². The molecular weight excluding hydrogens is 306 g/mol. The van der Waals surface area contributed by atoms with E-state index in [1.807, 2.05) is 6.07 Å². The molecule has 1 aliphatic rings. The number of rotatable bonds is 7. The van der Waals surface area contributed by atoms with Gasteiger partial charge in [0.1, 0.15) is 5.82 Å². The van der Waals surface area contributed by atoms with E-state index in [-0.39, 0.29) is 5.69 Å². The van der Waals surface area contributed by atoms with Crippen molar-refractivity contribution in [3.05, 3.63) is 46.1 Å². The molecule has 0 unspecified atom stereocenters. The first-order valence-corrected chi connectivity index (χ1v) is 8.22. The van der Waals surface area contributed by atoms with E-state index in [0.29, 0.717) is 23.7 Å². The summed E-state index contributed by atoms with van der Waals surface area (Å²) in [6, 6.07) is 8.57. The lowest BCUT2D eigenvalue weighted by atomic mass is 10.2. The predicted octanol–water partition coefficient (Wildman–Crippen LogP) is 4.22.